The van der Waals surface area contributed by atoms with Gasteiger partial charge in [-0.2, -0.15) is 0 Å². The van der Waals surface area contributed by atoms with Crippen LogP contribution >= 0.6 is 0 Å². The average Bonchev–Trinajstić information content (AvgIpc) is 3.14. The number of esters is 2. The first-order chi connectivity index (χ1) is 11.2. The third kappa shape index (κ3) is 2.44. The lowest BCUT2D eigenvalue weighted by molar-refractivity contribution is -0.159. The summed E-state index contributed by atoms with van der Waals surface area (Å²) < 4.78 is 15.5. The molecule has 4 rings (SSSR count). The maximum Gasteiger partial charge on any atom is 0.347 e. The van der Waals surface area contributed by atoms with Gasteiger partial charge in [0.05, 0.1) is 19.3 Å². The van der Waals surface area contributed by atoms with Gasteiger partial charge in [-0.05, 0) is 16.8 Å². The molecule has 0 aliphatic carbocycles. The Bertz CT molecular complexity index is 908. The number of furan rings is 1. The maximum absolute atomic E-state index is 12.1. The van der Waals surface area contributed by atoms with Crippen molar-refractivity contribution < 1.29 is 23.5 Å². The van der Waals surface area contributed by atoms with Gasteiger partial charge in [-0.3, -0.25) is 4.79 Å². The summed E-state index contributed by atoms with van der Waals surface area (Å²) in [4.78, 5) is 23.5. The fraction of sp³-hybridized carbons (Fsp3) is 0.222. The van der Waals surface area contributed by atoms with Crippen LogP contribution in [0.15, 0.2) is 47.1 Å². The van der Waals surface area contributed by atoms with E-state index in [1.54, 1.807) is 6.26 Å². The Morgan fingerprint density at radius 2 is 2.09 bits per heavy atom. The predicted molar refractivity (Wildman–Crippen MR) is 82.9 cm³/mol. The third-order valence-electron chi connectivity index (χ3n) is 4.04. The second-order valence-electron chi connectivity index (χ2n) is 5.53. The smallest absolute Gasteiger partial charge is 0.347 e. The fourth-order valence-electron chi connectivity index (χ4n) is 2.94. The van der Waals surface area contributed by atoms with Crippen molar-refractivity contribution in [3.8, 4) is 0 Å². The second-order valence-corrected chi connectivity index (χ2v) is 5.53. The zero-order valence-corrected chi connectivity index (χ0v) is 12.3. The summed E-state index contributed by atoms with van der Waals surface area (Å²) in [5.41, 5.74) is 1.49. The van der Waals surface area contributed by atoms with E-state index in [4.69, 9.17) is 13.9 Å². The van der Waals surface area contributed by atoms with Crippen molar-refractivity contribution in [1.29, 1.82) is 0 Å². The molecule has 0 bridgehead atoms. The normalized spacial score (nSPS) is 17.6. The van der Waals surface area contributed by atoms with Crippen LogP contribution in [0.3, 0.4) is 0 Å². The number of hydrogen-bond donors (Lipinski definition) is 0. The van der Waals surface area contributed by atoms with E-state index in [1.807, 2.05) is 36.4 Å². The summed E-state index contributed by atoms with van der Waals surface area (Å²) in [6.45, 7) is 0.302. The largest absolute Gasteiger partial charge is 0.464 e. The third-order valence-corrected chi connectivity index (χ3v) is 4.04. The molecule has 1 saturated heterocycles. The zero-order valence-electron chi connectivity index (χ0n) is 12.3. The van der Waals surface area contributed by atoms with Crippen molar-refractivity contribution in [2.45, 2.75) is 18.9 Å². The van der Waals surface area contributed by atoms with Crippen molar-refractivity contribution in [1.82, 2.24) is 0 Å². The van der Waals surface area contributed by atoms with Crippen LogP contribution in [0.25, 0.3) is 21.7 Å². The van der Waals surface area contributed by atoms with Gasteiger partial charge < -0.3 is 13.9 Å². The van der Waals surface area contributed by atoms with Crippen LogP contribution in [-0.2, 0) is 25.5 Å². The molecule has 23 heavy (non-hydrogen) atoms. The first-order valence-electron chi connectivity index (χ1n) is 7.46. The summed E-state index contributed by atoms with van der Waals surface area (Å²) in [6.07, 6.45) is 1.27. The Morgan fingerprint density at radius 3 is 2.91 bits per heavy atom. The molecule has 1 aliphatic heterocycles. The van der Waals surface area contributed by atoms with Gasteiger partial charge in [-0.1, -0.05) is 30.3 Å². The van der Waals surface area contributed by atoms with E-state index in [1.165, 1.54) is 0 Å². The van der Waals surface area contributed by atoms with E-state index in [-0.39, 0.29) is 6.42 Å². The monoisotopic (exact) mass is 310 g/mol. The summed E-state index contributed by atoms with van der Waals surface area (Å²) in [7, 11) is 0. The number of fused-ring (bicyclic) bond motifs is 3. The summed E-state index contributed by atoms with van der Waals surface area (Å²) in [5.74, 6) is -0.926. The summed E-state index contributed by atoms with van der Waals surface area (Å²) in [5, 5.41) is 3.02. The van der Waals surface area contributed by atoms with Gasteiger partial charge in [-0.15, -0.1) is 0 Å². The Labute approximate surface area is 131 Å². The molecule has 2 aromatic carbocycles. The number of benzene rings is 2. The highest BCUT2D eigenvalue weighted by Crippen LogP contribution is 2.30. The van der Waals surface area contributed by atoms with Gasteiger partial charge in [-0.25, -0.2) is 4.79 Å². The Hall–Kier alpha value is -2.82. The Balaban J connectivity index is 1.65. The van der Waals surface area contributed by atoms with Gasteiger partial charge in [0.25, 0.3) is 0 Å². The molecule has 0 saturated carbocycles. The highest BCUT2D eigenvalue weighted by atomic mass is 16.6. The first kappa shape index (κ1) is 13.8. The minimum Gasteiger partial charge on any atom is -0.464 e. The highest BCUT2D eigenvalue weighted by Gasteiger charge is 2.30. The quantitative estimate of drug-likeness (QED) is 0.696. The lowest BCUT2D eigenvalue weighted by Gasteiger charge is -2.08. The second kappa shape index (κ2) is 5.43. The van der Waals surface area contributed by atoms with Crippen LogP contribution in [-0.4, -0.2) is 24.6 Å². The molecule has 5 heteroatoms. The topological polar surface area (TPSA) is 65.7 Å². The molecule has 2 heterocycles. The molecule has 1 aromatic heterocycles. The molecule has 1 aliphatic rings. The molecule has 1 atom stereocenters. The standard InChI is InChI=1S/C18H14O5/c19-16(23-15-7-8-21-18(15)20)9-12-10-22-14-6-5-11-3-1-2-4-13(11)17(12)14/h1-6,10,15H,7-9H2/t15-/m0/s1. The van der Waals surface area contributed by atoms with E-state index in [0.29, 0.717) is 13.0 Å². The lowest BCUT2D eigenvalue weighted by Crippen LogP contribution is -2.23. The van der Waals surface area contributed by atoms with E-state index in [2.05, 4.69) is 0 Å². The van der Waals surface area contributed by atoms with Crippen molar-refractivity contribution >= 4 is 33.7 Å². The number of ether oxygens (including phenoxy) is 2. The minimum atomic E-state index is -0.780. The van der Waals surface area contributed by atoms with Crippen molar-refractivity contribution in [3.63, 3.8) is 0 Å². The number of carbonyl (C=O) groups is 2. The summed E-state index contributed by atoms with van der Waals surface area (Å²) in [6, 6.07) is 11.8. The van der Waals surface area contributed by atoms with Crippen LogP contribution in [0, 0.1) is 0 Å². The van der Waals surface area contributed by atoms with Crippen LogP contribution in [0.2, 0.25) is 0 Å². The molecule has 116 valence electrons. The van der Waals surface area contributed by atoms with E-state index in [0.717, 1.165) is 27.3 Å². The van der Waals surface area contributed by atoms with E-state index < -0.39 is 18.0 Å². The molecular formula is C18H14O5. The summed E-state index contributed by atoms with van der Waals surface area (Å²) >= 11 is 0. The molecule has 0 N–H and O–H groups in total. The van der Waals surface area contributed by atoms with E-state index in [9.17, 15) is 9.59 Å². The Morgan fingerprint density at radius 1 is 1.22 bits per heavy atom. The Kier molecular flexibility index (Phi) is 3.26. The highest BCUT2D eigenvalue weighted by molar-refractivity contribution is 6.08. The van der Waals surface area contributed by atoms with Gasteiger partial charge in [0.2, 0.25) is 6.10 Å². The number of carbonyl (C=O) groups excluding carboxylic acids is 2. The number of cyclic esters (lactones) is 1. The molecule has 0 amide bonds. The average molecular weight is 310 g/mol. The maximum atomic E-state index is 12.1. The molecule has 0 radical (unpaired) electrons. The van der Waals surface area contributed by atoms with Crippen LogP contribution < -0.4 is 0 Å². The van der Waals surface area contributed by atoms with Crippen LogP contribution in [0.1, 0.15) is 12.0 Å². The number of rotatable bonds is 3. The minimum absolute atomic E-state index is 0.0603. The van der Waals surface area contributed by atoms with Crippen molar-refractivity contribution in [2.24, 2.45) is 0 Å². The van der Waals surface area contributed by atoms with Gasteiger partial charge in [0.15, 0.2) is 0 Å². The molecule has 0 unspecified atom stereocenters. The van der Waals surface area contributed by atoms with Crippen molar-refractivity contribution in [3.05, 3.63) is 48.2 Å². The van der Waals surface area contributed by atoms with Gasteiger partial charge >= 0.3 is 11.9 Å². The zero-order chi connectivity index (χ0) is 15.8. The van der Waals surface area contributed by atoms with E-state index >= 15 is 0 Å². The molecule has 3 aromatic rings. The van der Waals surface area contributed by atoms with Crippen LogP contribution in [0.4, 0.5) is 0 Å². The van der Waals surface area contributed by atoms with Crippen LogP contribution in [0.5, 0.6) is 0 Å². The van der Waals surface area contributed by atoms with Gasteiger partial charge in [0, 0.05) is 17.4 Å². The molecule has 5 nitrogen and oxygen atoms in total. The predicted octanol–water partition coefficient (Wildman–Crippen LogP) is 2.99. The number of hydrogen-bond acceptors (Lipinski definition) is 5. The van der Waals surface area contributed by atoms with Crippen molar-refractivity contribution in [2.75, 3.05) is 6.61 Å². The lowest BCUT2D eigenvalue weighted by atomic mass is 10.0. The molecule has 1 fully saturated rings. The molecular weight excluding hydrogens is 296 g/mol. The SMILES string of the molecule is O=C(Cc1coc2ccc3ccccc3c12)O[C@H]1CCOC1=O. The first-order valence-corrected chi connectivity index (χ1v) is 7.46. The van der Waals surface area contributed by atoms with Gasteiger partial charge in [0.1, 0.15) is 5.58 Å². The fourth-order valence-corrected chi connectivity index (χ4v) is 2.94. The molecule has 0 spiro atoms.